The Morgan fingerprint density at radius 2 is 2.38 bits per heavy atom. The van der Waals surface area contributed by atoms with Gasteiger partial charge in [-0.15, -0.1) is 0 Å². The first kappa shape index (κ1) is 7.23. The SMILES string of the molecule is N=C(N)CC(=O)NCl. The van der Waals surface area contributed by atoms with Gasteiger partial charge in [-0.2, -0.15) is 0 Å². The van der Waals surface area contributed by atoms with E-state index in [2.05, 4.69) is 0 Å². The molecule has 0 aliphatic heterocycles. The molecule has 0 bridgehead atoms. The number of rotatable bonds is 2. The number of amides is 1. The highest BCUT2D eigenvalue weighted by molar-refractivity contribution is 6.22. The molecule has 4 nitrogen and oxygen atoms in total. The Balaban J connectivity index is 3.40. The van der Waals surface area contributed by atoms with E-state index in [1.165, 1.54) is 0 Å². The Kier molecular flexibility index (Phi) is 2.95. The smallest absolute Gasteiger partial charge is 0.241 e. The summed E-state index contributed by atoms with van der Waals surface area (Å²) in [6.07, 6.45) is -0.135. The van der Waals surface area contributed by atoms with E-state index in [0.29, 0.717) is 0 Å². The predicted octanol–water partition coefficient (Wildman–Crippen LogP) is -0.418. The Morgan fingerprint density at radius 1 is 1.88 bits per heavy atom. The average Bonchev–Trinajstić information content (AvgIpc) is 1.65. The summed E-state index contributed by atoms with van der Waals surface area (Å²) < 4.78 is 0. The molecule has 0 aliphatic rings. The Bertz CT molecular complexity index is 113. The Labute approximate surface area is 51.6 Å². The zero-order valence-electron chi connectivity index (χ0n) is 4.07. The van der Waals surface area contributed by atoms with E-state index in [0.717, 1.165) is 0 Å². The van der Waals surface area contributed by atoms with Crippen LogP contribution in [0.25, 0.3) is 0 Å². The summed E-state index contributed by atoms with van der Waals surface area (Å²) in [4.78, 5) is 12.0. The lowest BCUT2D eigenvalue weighted by Crippen LogP contribution is -2.21. The van der Waals surface area contributed by atoms with Gasteiger partial charge >= 0.3 is 0 Å². The summed E-state index contributed by atoms with van der Waals surface area (Å²) in [5.41, 5.74) is 4.83. The van der Waals surface area contributed by atoms with Crippen molar-refractivity contribution in [3.63, 3.8) is 0 Å². The molecule has 8 heavy (non-hydrogen) atoms. The minimum Gasteiger partial charge on any atom is -0.387 e. The van der Waals surface area contributed by atoms with Gasteiger partial charge in [-0.1, -0.05) is 0 Å². The van der Waals surface area contributed by atoms with E-state index in [1.54, 1.807) is 0 Å². The van der Waals surface area contributed by atoms with E-state index in [-0.39, 0.29) is 12.3 Å². The molecule has 5 heteroatoms. The van der Waals surface area contributed by atoms with Crippen LogP contribution in [0.15, 0.2) is 0 Å². The maximum Gasteiger partial charge on any atom is 0.241 e. The standard InChI is InChI=1S/C3H6ClN3O/c4-7-3(8)1-2(5)6/h1H2,(H3,5,6)(H,7,8). The second-order valence-corrected chi connectivity index (χ2v) is 1.41. The molecule has 0 aromatic heterocycles. The summed E-state index contributed by atoms with van der Waals surface area (Å²) in [6.45, 7) is 0. The molecule has 0 saturated heterocycles. The van der Waals surface area contributed by atoms with Crippen molar-refractivity contribution in [3.05, 3.63) is 0 Å². The van der Waals surface area contributed by atoms with Crippen LogP contribution in [0.4, 0.5) is 0 Å². The molecule has 0 rings (SSSR count). The largest absolute Gasteiger partial charge is 0.387 e. The number of carbonyl (C=O) groups excluding carboxylic acids is 1. The van der Waals surface area contributed by atoms with Crippen LogP contribution in [0, 0.1) is 5.41 Å². The van der Waals surface area contributed by atoms with E-state index < -0.39 is 5.91 Å². The van der Waals surface area contributed by atoms with E-state index >= 15 is 0 Å². The highest BCUT2D eigenvalue weighted by Crippen LogP contribution is 1.76. The van der Waals surface area contributed by atoms with Crippen molar-refractivity contribution in [3.8, 4) is 0 Å². The van der Waals surface area contributed by atoms with Crippen molar-refractivity contribution in [2.45, 2.75) is 6.42 Å². The zero-order valence-corrected chi connectivity index (χ0v) is 4.83. The molecule has 0 fully saturated rings. The fourth-order valence-electron chi connectivity index (χ4n) is 0.206. The van der Waals surface area contributed by atoms with Gasteiger partial charge in [0.2, 0.25) is 5.91 Å². The minimum atomic E-state index is -0.459. The molecule has 0 spiro atoms. The van der Waals surface area contributed by atoms with Gasteiger partial charge in [-0.25, -0.2) is 0 Å². The third-order valence-corrected chi connectivity index (χ3v) is 0.667. The maximum atomic E-state index is 10.2. The van der Waals surface area contributed by atoms with Crippen molar-refractivity contribution in [1.29, 1.82) is 5.41 Å². The van der Waals surface area contributed by atoms with Gasteiger partial charge < -0.3 is 5.73 Å². The van der Waals surface area contributed by atoms with E-state index in [4.69, 9.17) is 22.9 Å². The topological polar surface area (TPSA) is 79.0 Å². The fourth-order valence-corrected chi connectivity index (χ4v) is 0.273. The number of nitrogens with one attached hydrogen (secondary N) is 2. The molecule has 0 aromatic carbocycles. The monoisotopic (exact) mass is 135 g/mol. The highest BCUT2D eigenvalue weighted by atomic mass is 35.5. The first-order chi connectivity index (χ1) is 3.66. The first-order valence-electron chi connectivity index (χ1n) is 1.89. The molecule has 0 radical (unpaired) electrons. The van der Waals surface area contributed by atoms with Crippen LogP contribution in [-0.4, -0.2) is 11.7 Å². The van der Waals surface area contributed by atoms with Crippen molar-refractivity contribution >= 4 is 23.5 Å². The van der Waals surface area contributed by atoms with Crippen molar-refractivity contribution in [2.24, 2.45) is 5.73 Å². The van der Waals surface area contributed by atoms with Crippen LogP contribution in [0.2, 0.25) is 0 Å². The fraction of sp³-hybridized carbons (Fsp3) is 0.333. The lowest BCUT2D eigenvalue weighted by Gasteiger charge is -1.91. The van der Waals surface area contributed by atoms with E-state index in [1.807, 2.05) is 4.84 Å². The quantitative estimate of drug-likeness (QED) is 0.273. The summed E-state index contributed by atoms with van der Waals surface area (Å²) in [5.74, 6) is -0.651. The Morgan fingerprint density at radius 3 is 2.50 bits per heavy atom. The predicted molar refractivity (Wildman–Crippen MR) is 30.5 cm³/mol. The lowest BCUT2D eigenvalue weighted by atomic mass is 10.4. The van der Waals surface area contributed by atoms with Crippen LogP contribution >= 0.6 is 11.8 Å². The number of nitrogens with two attached hydrogens (primary N) is 1. The second kappa shape index (κ2) is 3.26. The molecular weight excluding hydrogens is 130 g/mol. The summed E-state index contributed by atoms with van der Waals surface area (Å²) in [5, 5.41) is 6.59. The van der Waals surface area contributed by atoms with Gasteiger partial charge in [0.15, 0.2) is 0 Å². The van der Waals surface area contributed by atoms with Crippen LogP contribution in [0.3, 0.4) is 0 Å². The number of hydrogen-bond acceptors (Lipinski definition) is 2. The molecule has 1 amide bonds. The molecule has 46 valence electrons. The van der Waals surface area contributed by atoms with Crippen molar-refractivity contribution in [2.75, 3.05) is 0 Å². The Hall–Kier alpha value is -0.770. The number of carbonyl (C=O) groups is 1. The second-order valence-electron chi connectivity index (χ2n) is 1.22. The molecular formula is C3H6ClN3O. The number of halogens is 1. The van der Waals surface area contributed by atoms with Crippen LogP contribution in [0.1, 0.15) is 6.42 Å². The van der Waals surface area contributed by atoms with Gasteiger partial charge in [-0.05, 0) is 0 Å². The third kappa shape index (κ3) is 3.42. The minimum absolute atomic E-state index is 0.135. The van der Waals surface area contributed by atoms with Crippen LogP contribution in [0.5, 0.6) is 0 Å². The number of amidine groups is 1. The summed E-state index contributed by atoms with van der Waals surface area (Å²) >= 11 is 4.84. The number of hydrogen-bond donors (Lipinski definition) is 3. The zero-order chi connectivity index (χ0) is 6.57. The van der Waals surface area contributed by atoms with Crippen LogP contribution < -0.4 is 10.6 Å². The lowest BCUT2D eigenvalue weighted by molar-refractivity contribution is -0.118. The molecule has 0 atom stereocenters. The van der Waals surface area contributed by atoms with Crippen molar-refractivity contribution in [1.82, 2.24) is 4.84 Å². The van der Waals surface area contributed by atoms with Crippen molar-refractivity contribution < 1.29 is 4.79 Å². The molecule has 0 heterocycles. The third-order valence-electron chi connectivity index (χ3n) is 0.456. The van der Waals surface area contributed by atoms with Gasteiger partial charge in [0.05, 0.1) is 6.42 Å². The van der Waals surface area contributed by atoms with Gasteiger partial charge in [-0.3, -0.25) is 15.0 Å². The molecule has 0 unspecified atom stereocenters. The molecule has 0 saturated carbocycles. The van der Waals surface area contributed by atoms with Gasteiger partial charge in [0.25, 0.3) is 0 Å². The van der Waals surface area contributed by atoms with Crippen LogP contribution in [-0.2, 0) is 4.79 Å². The summed E-state index contributed by atoms with van der Waals surface area (Å²) in [6, 6.07) is 0. The first-order valence-corrected chi connectivity index (χ1v) is 2.27. The highest BCUT2D eigenvalue weighted by Gasteiger charge is 1.98. The molecule has 0 aliphatic carbocycles. The molecule has 4 N–H and O–H groups in total. The summed E-state index contributed by atoms with van der Waals surface area (Å²) in [7, 11) is 0. The average molecular weight is 136 g/mol. The van der Waals surface area contributed by atoms with E-state index in [9.17, 15) is 4.79 Å². The molecule has 0 aromatic rings. The normalized spacial score (nSPS) is 8.12. The van der Waals surface area contributed by atoms with Gasteiger partial charge in [0, 0.05) is 11.8 Å². The maximum absolute atomic E-state index is 10.2. The van der Waals surface area contributed by atoms with Gasteiger partial charge in [0.1, 0.15) is 5.84 Å².